The van der Waals surface area contributed by atoms with Crippen molar-refractivity contribution in [3.05, 3.63) is 30.6 Å². The minimum Gasteiger partial charge on any atom is -0.394 e. The molecule has 0 N–H and O–H groups in total. The van der Waals surface area contributed by atoms with Crippen LogP contribution in [-0.2, 0) is 18.2 Å². The van der Waals surface area contributed by atoms with E-state index in [0.717, 1.165) is 0 Å². The van der Waals surface area contributed by atoms with Crippen LogP contribution >= 0.6 is 9.53 Å². The Kier molecular flexibility index (Phi) is 7.19. The van der Waals surface area contributed by atoms with Gasteiger partial charge in [-0.1, -0.05) is 12.4 Å². The second-order valence-corrected chi connectivity index (χ2v) is 0.959. The molecule has 3 heteroatoms. The molecule has 0 radical (unpaired) electrons. The van der Waals surface area contributed by atoms with E-state index >= 15 is 0 Å². The molecule has 0 saturated heterocycles. The average molecular weight is 220 g/mol. The molecule has 0 spiro atoms. The van der Waals surface area contributed by atoms with Gasteiger partial charge in [-0.25, -0.2) is 0 Å². The van der Waals surface area contributed by atoms with Gasteiger partial charge in [0.1, 0.15) is 0 Å². The molecule has 0 atom stereocenters. The average Bonchev–Trinajstić information content (AvgIpc) is 1.96. The summed E-state index contributed by atoms with van der Waals surface area (Å²) in [6.45, 7) is 0. The molecule has 1 nitrogen and oxygen atoms in total. The van der Waals surface area contributed by atoms with Crippen molar-refractivity contribution in [1.82, 2.24) is 4.98 Å². The van der Waals surface area contributed by atoms with Crippen LogP contribution in [0.3, 0.4) is 0 Å². The van der Waals surface area contributed by atoms with Crippen molar-refractivity contribution in [1.29, 1.82) is 0 Å². The Labute approximate surface area is 63.5 Å². The van der Waals surface area contributed by atoms with Gasteiger partial charge in [0.2, 0.25) is 0 Å². The standard InChI is InChI=1S/C5H4N.ClH.Pd/c1-2-4-6-5-3-1;;/h1-4H;1H;/q-1;;+2/p-1. The SMILES string of the molecule is [Cl][Pd+].[c-]1ccccn1. The molecule has 1 rings (SSSR count). The fourth-order valence-electron chi connectivity index (χ4n) is 0.277. The van der Waals surface area contributed by atoms with E-state index < -0.39 is 0 Å². The van der Waals surface area contributed by atoms with E-state index in [2.05, 4.69) is 38.9 Å². The molecule has 1 aromatic rings. The van der Waals surface area contributed by atoms with Gasteiger partial charge in [0, 0.05) is 0 Å². The predicted molar refractivity (Wildman–Crippen MR) is 28.9 cm³/mol. The first-order chi connectivity index (χ1) is 4.00. The van der Waals surface area contributed by atoms with Gasteiger partial charge in [-0.15, -0.1) is 0 Å². The summed E-state index contributed by atoms with van der Waals surface area (Å²) in [6, 6.07) is 5.50. The number of aromatic nitrogens is 1. The number of pyridine rings is 1. The Hall–Kier alpha value is 0.102. The molecular weight excluding hydrogens is 216 g/mol. The third-order valence-electron chi connectivity index (χ3n) is 0.517. The largest absolute Gasteiger partial charge is 0.394 e. The molecule has 1 heterocycles. The summed E-state index contributed by atoms with van der Waals surface area (Å²) >= 11 is 2.22. The van der Waals surface area contributed by atoms with Crippen molar-refractivity contribution in [2.24, 2.45) is 0 Å². The maximum atomic E-state index is 4.49. The van der Waals surface area contributed by atoms with Crippen LogP contribution in [0.2, 0.25) is 0 Å². The first-order valence-corrected chi connectivity index (χ1v) is 3.89. The van der Waals surface area contributed by atoms with Crippen LogP contribution in [0, 0.1) is 6.20 Å². The number of nitrogens with zero attached hydrogens (tertiary/aromatic N) is 1. The first kappa shape index (κ1) is 8.10. The van der Waals surface area contributed by atoms with Gasteiger partial charge in [-0.3, -0.25) is 0 Å². The van der Waals surface area contributed by atoms with Gasteiger partial charge in [0.15, 0.2) is 0 Å². The maximum absolute atomic E-state index is 4.49. The van der Waals surface area contributed by atoms with Gasteiger partial charge < -0.3 is 4.98 Å². The molecule has 0 aromatic carbocycles. The van der Waals surface area contributed by atoms with Crippen LogP contribution in [0.4, 0.5) is 0 Å². The van der Waals surface area contributed by atoms with Crippen molar-refractivity contribution < 1.29 is 18.2 Å². The van der Waals surface area contributed by atoms with Crippen molar-refractivity contribution in [2.75, 3.05) is 0 Å². The van der Waals surface area contributed by atoms with E-state index in [9.17, 15) is 0 Å². The molecule has 0 saturated carbocycles. The number of hydrogen-bond acceptors (Lipinski definition) is 1. The van der Waals surface area contributed by atoms with Gasteiger partial charge in [0.05, 0.1) is 0 Å². The summed E-state index contributed by atoms with van der Waals surface area (Å²) in [5.74, 6) is 0. The summed E-state index contributed by atoms with van der Waals surface area (Å²) in [6.07, 6.45) is 4.34. The fraction of sp³-hybridized carbons (Fsp3) is 0. The molecule has 0 aliphatic carbocycles. The normalized spacial score (nSPS) is 6.88. The molecule has 46 valence electrons. The third kappa shape index (κ3) is 4.27. The smallest absolute Gasteiger partial charge is 0.0813 e. The summed E-state index contributed by atoms with van der Waals surface area (Å²) in [7, 11) is 4.49. The molecule has 0 bridgehead atoms. The van der Waals surface area contributed by atoms with Gasteiger partial charge in [0.25, 0.3) is 0 Å². The topological polar surface area (TPSA) is 12.9 Å². The number of hydrogen-bond donors (Lipinski definition) is 0. The van der Waals surface area contributed by atoms with E-state index in [4.69, 9.17) is 0 Å². The Morgan fingerprint density at radius 1 is 1.38 bits per heavy atom. The second-order valence-electron chi connectivity index (χ2n) is 0.959. The zero-order valence-electron chi connectivity index (χ0n) is 3.95. The summed E-state index contributed by atoms with van der Waals surface area (Å²) < 4.78 is 0. The van der Waals surface area contributed by atoms with Gasteiger partial charge in [-0.2, -0.15) is 18.2 Å². The van der Waals surface area contributed by atoms with Crippen LogP contribution < -0.4 is 0 Å². The minimum absolute atomic E-state index is 1.69. The van der Waals surface area contributed by atoms with E-state index in [-0.39, 0.29) is 0 Å². The Balaban J connectivity index is 0.000000222. The third-order valence-corrected chi connectivity index (χ3v) is 0.517. The van der Waals surface area contributed by atoms with Gasteiger partial charge >= 0.3 is 27.7 Å². The summed E-state index contributed by atoms with van der Waals surface area (Å²) in [4.78, 5) is 3.66. The Morgan fingerprint density at radius 2 is 2.12 bits per heavy atom. The molecule has 1 aromatic heterocycles. The van der Waals surface area contributed by atoms with Crippen LogP contribution in [0.1, 0.15) is 0 Å². The van der Waals surface area contributed by atoms with Crippen LogP contribution in [0.15, 0.2) is 24.4 Å². The van der Waals surface area contributed by atoms with Crippen LogP contribution in [0.5, 0.6) is 0 Å². The quantitative estimate of drug-likeness (QED) is 0.477. The maximum Gasteiger partial charge on any atom is -0.0813 e. The monoisotopic (exact) mass is 219 g/mol. The minimum atomic E-state index is 1.69. The van der Waals surface area contributed by atoms with E-state index in [1.165, 1.54) is 0 Å². The van der Waals surface area contributed by atoms with Crippen molar-refractivity contribution in [3.8, 4) is 0 Å². The zero-order chi connectivity index (χ0) is 6.24. The molecular formula is C5H4ClNPd. The first-order valence-electron chi connectivity index (χ1n) is 1.89. The van der Waals surface area contributed by atoms with E-state index in [1.54, 1.807) is 12.3 Å². The zero-order valence-corrected chi connectivity index (χ0v) is 6.26. The van der Waals surface area contributed by atoms with Gasteiger partial charge in [-0.05, 0) is 0 Å². The molecule has 0 amide bonds. The molecule has 0 unspecified atom stereocenters. The van der Waals surface area contributed by atoms with Crippen LogP contribution in [-0.4, -0.2) is 4.98 Å². The number of rotatable bonds is 0. The second kappa shape index (κ2) is 7.10. The van der Waals surface area contributed by atoms with E-state index in [1.807, 2.05) is 12.1 Å². The summed E-state index contributed by atoms with van der Waals surface area (Å²) in [5.41, 5.74) is 0. The number of halogens is 1. The van der Waals surface area contributed by atoms with Crippen LogP contribution in [0.25, 0.3) is 0 Å². The molecule has 0 aliphatic heterocycles. The summed E-state index contributed by atoms with van der Waals surface area (Å²) in [5, 5.41) is 0. The van der Waals surface area contributed by atoms with Crippen molar-refractivity contribution in [3.63, 3.8) is 0 Å². The molecule has 0 aliphatic rings. The Bertz CT molecular complexity index is 84.4. The Morgan fingerprint density at radius 3 is 2.25 bits per heavy atom. The molecule has 0 fully saturated rings. The fourth-order valence-corrected chi connectivity index (χ4v) is 0.277. The van der Waals surface area contributed by atoms with E-state index in [0.29, 0.717) is 0 Å². The van der Waals surface area contributed by atoms with Crippen molar-refractivity contribution >= 4 is 9.53 Å². The van der Waals surface area contributed by atoms with Crippen molar-refractivity contribution in [2.45, 2.75) is 0 Å². The predicted octanol–water partition coefficient (Wildman–Crippen LogP) is 1.57. The molecule has 8 heavy (non-hydrogen) atoms.